The summed E-state index contributed by atoms with van der Waals surface area (Å²) in [6.07, 6.45) is 1.50. The number of aryl methyl sites for hydroxylation is 1. The molecule has 30 heavy (non-hydrogen) atoms. The van der Waals surface area contributed by atoms with Gasteiger partial charge in [0.15, 0.2) is 5.96 Å². The van der Waals surface area contributed by atoms with Gasteiger partial charge in [0.2, 0.25) is 0 Å². The molecular formula is C21H33IN6O2. The number of aliphatic imine (C=N–C) groups is 1. The largest absolute Gasteiger partial charge is 0.444 e. The molecule has 2 aromatic rings. The quantitative estimate of drug-likeness (QED) is 0.232. The Kier molecular flexibility index (Phi) is 8.75. The van der Waals surface area contributed by atoms with Gasteiger partial charge in [0, 0.05) is 32.6 Å². The number of aromatic nitrogens is 2. The number of carbonyl (C=O) groups excluding carboxylic acids is 1. The molecule has 0 atom stereocenters. The van der Waals surface area contributed by atoms with Gasteiger partial charge in [-0.05, 0) is 46.2 Å². The Bertz CT molecular complexity index is 822. The normalized spacial score (nSPS) is 14.8. The second-order valence-electron chi connectivity index (χ2n) is 8.29. The molecule has 166 valence electrons. The topological polar surface area (TPSA) is 94.6 Å². The Morgan fingerprint density at radius 1 is 1.33 bits per heavy atom. The summed E-state index contributed by atoms with van der Waals surface area (Å²) in [6, 6.07) is 8.25. The first-order valence-corrected chi connectivity index (χ1v) is 10.3. The van der Waals surface area contributed by atoms with Crippen LogP contribution in [0, 0.1) is 0 Å². The zero-order valence-electron chi connectivity index (χ0n) is 18.2. The summed E-state index contributed by atoms with van der Waals surface area (Å²) in [5.41, 5.74) is 1.60. The number of imidazole rings is 1. The predicted octanol–water partition coefficient (Wildman–Crippen LogP) is 3.29. The van der Waals surface area contributed by atoms with Crippen molar-refractivity contribution in [1.29, 1.82) is 0 Å². The van der Waals surface area contributed by atoms with Gasteiger partial charge >= 0.3 is 6.09 Å². The van der Waals surface area contributed by atoms with Crippen molar-refractivity contribution in [3.05, 3.63) is 30.1 Å². The van der Waals surface area contributed by atoms with Crippen LogP contribution >= 0.6 is 24.0 Å². The molecule has 0 unspecified atom stereocenters. The second kappa shape index (κ2) is 10.8. The fourth-order valence-electron chi connectivity index (χ4n) is 3.12. The van der Waals surface area contributed by atoms with Crippen molar-refractivity contribution in [2.24, 2.45) is 4.99 Å². The number of rotatable bonds is 6. The average Bonchev–Trinajstić information content (AvgIpc) is 3.02. The fourth-order valence-corrected chi connectivity index (χ4v) is 3.12. The summed E-state index contributed by atoms with van der Waals surface area (Å²) in [6.45, 7) is 10.4. The number of guanidine groups is 1. The van der Waals surface area contributed by atoms with Crippen LogP contribution in [0.4, 0.5) is 4.79 Å². The summed E-state index contributed by atoms with van der Waals surface area (Å²) < 4.78 is 5.39. The van der Waals surface area contributed by atoms with Gasteiger partial charge in [-0.3, -0.25) is 4.99 Å². The molecule has 0 bridgehead atoms. The van der Waals surface area contributed by atoms with Gasteiger partial charge in [0.1, 0.15) is 11.4 Å². The molecule has 3 rings (SSSR count). The zero-order chi connectivity index (χ0) is 20.9. The fraction of sp³-hybridized carbons (Fsp3) is 0.571. The summed E-state index contributed by atoms with van der Waals surface area (Å²) in [7, 11) is 0. The molecule has 0 radical (unpaired) electrons. The van der Waals surface area contributed by atoms with Gasteiger partial charge in [-0.1, -0.05) is 12.1 Å². The van der Waals surface area contributed by atoms with Crippen molar-refractivity contribution in [1.82, 2.24) is 25.5 Å². The molecule has 3 N–H and O–H groups in total. The maximum atomic E-state index is 12.0. The molecule has 0 saturated carbocycles. The lowest BCUT2D eigenvalue weighted by Crippen LogP contribution is -2.63. The van der Waals surface area contributed by atoms with Crippen LogP contribution in [0.3, 0.4) is 0 Å². The lowest BCUT2D eigenvalue weighted by Gasteiger charge is -2.40. The van der Waals surface area contributed by atoms with E-state index in [9.17, 15) is 4.79 Å². The number of hydrogen-bond donors (Lipinski definition) is 3. The van der Waals surface area contributed by atoms with E-state index >= 15 is 0 Å². The molecule has 0 aliphatic carbocycles. The minimum Gasteiger partial charge on any atom is -0.444 e. The van der Waals surface area contributed by atoms with Crippen LogP contribution in [0.5, 0.6) is 0 Å². The van der Waals surface area contributed by atoms with E-state index in [4.69, 9.17) is 4.74 Å². The van der Waals surface area contributed by atoms with E-state index in [0.29, 0.717) is 19.6 Å². The minimum absolute atomic E-state index is 0. The van der Waals surface area contributed by atoms with E-state index in [1.807, 2.05) is 52.0 Å². The third-order valence-electron chi connectivity index (χ3n) is 4.50. The highest BCUT2D eigenvalue weighted by atomic mass is 127. The van der Waals surface area contributed by atoms with Crippen molar-refractivity contribution in [2.75, 3.05) is 26.2 Å². The summed E-state index contributed by atoms with van der Waals surface area (Å²) in [5.74, 6) is 1.78. The zero-order valence-corrected chi connectivity index (χ0v) is 20.5. The number of ether oxygens (including phenoxy) is 1. The first kappa shape index (κ1) is 24.2. The molecule has 1 aromatic heterocycles. The monoisotopic (exact) mass is 528 g/mol. The molecular weight excluding hydrogens is 495 g/mol. The molecule has 1 aliphatic heterocycles. The highest BCUT2D eigenvalue weighted by molar-refractivity contribution is 14.0. The molecule has 2 heterocycles. The number of likely N-dealkylation sites (tertiary alicyclic amines) is 1. The number of H-pyrrole nitrogens is 1. The Morgan fingerprint density at radius 2 is 2.07 bits per heavy atom. The van der Waals surface area contributed by atoms with Gasteiger partial charge in [0.05, 0.1) is 17.1 Å². The highest BCUT2D eigenvalue weighted by Crippen LogP contribution is 2.15. The van der Waals surface area contributed by atoms with Crippen molar-refractivity contribution in [3.63, 3.8) is 0 Å². The molecule has 1 fully saturated rings. The van der Waals surface area contributed by atoms with Gasteiger partial charge < -0.3 is 25.3 Å². The highest BCUT2D eigenvalue weighted by Gasteiger charge is 2.34. The molecule has 1 aliphatic rings. The van der Waals surface area contributed by atoms with E-state index in [2.05, 4.69) is 25.6 Å². The van der Waals surface area contributed by atoms with E-state index in [1.165, 1.54) is 0 Å². The van der Waals surface area contributed by atoms with Crippen LogP contribution in [0.25, 0.3) is 11.0 Å². The van der Waals surface area contributed by atoms with Crippen LogP contribution in [0.2, 0.25) is 0 Å². The van der Waals surface area contributed by atoms with Gasteiger partial charge in [-0.15, -0.1) is 24.0 Å². The molecule has 9 heteroatoms. The van der Waals surface area contributed by atoms with Crippen molar-refractivity contribution in [3.8, 4) is 0 Å². The maximum absolute atomic E-state index is 12.0. The number of amides is 1. The molecule has 8 nitrogen and oxygen atoms in total. The van der Waals surface area contributed by atoms with Crippen molar-refractivity contribution >= 4 is 47.1 Å². The van der Waals surface area contributed by atoms with E-state index in [1.54, 1.807) is 4.90 Å². The van der Waals surface area contributed by atoms with Crippen LogP contribution in [0.1, 0.15) is 39.9 Å². The van der Waals surface area contributed by atoms with Crippen LogP contribution in [-0.4, -0.2) is 64.7 Å². The third-order valence-corrected chi connectivity index (χ3v) is 4.50. The summed E-state index contributed by atoms with van der Waals surface area (Å²) >= 11 is 0. The Balaban J connectivity index is 0.00000320. The maximum Gasteiger partial charge on any atom is 0.410 e. The summed E-state index contributed by atoms with van der Waals surface area (Å²) in [4.78, 5) is 26.3. The molecule has 1 aromatic carbocycles. The first-order chi connectivity index (χ1) is 13.8. The van der Waals surface area contributed by atoms with Gasteiger partial charge in [-0.25, -0.2) is 9.78 Å². The number of nitrogens with one attached hydrogen (secondary N) is 3. The number of para-hydroxylation sites is 2. The number of fused-ring (bicyclic) bond motifs is 1. The number of carbonyl (C=O) groups is 1. The number of halogens is 1. The molecule has 0 spiro atoms. The third kappa shape index (κ3) is 7.03. The van der Waals surface area contributed by atoms with Crippen LogP contribution in [-0.2, 0) is 11.2 Å². The van der Waals surface area contributed by atoms with Gasteiger partial charge in [0.25, 0.3) is 0 Å². The van der Waals surface area contributed by atoms with Crippen molar-refractivity contribution < 1.29 is 9.53 Å². The Morgan fingerprint density at radius 3 is 2.73 bits per heavy atom. The smallest absolute Gasteiger partial charge is 0.410 e. The molecule has 1 amide bonds. The van der Waals surface area contributed by atoms with E-state index < -0.39 is 5.60 Å². The van der Waals surface area contributed by atoms with E-state index in [-0.39, 0.29) is 36.1 Å². The van der Waals surface area contributed by atoms with Gasteiger partial charge in [-0.2, -0.15) is 0 Å². The standard InChI is InChI=1S/C21H32N6O2.HI/c1-5-22-19(24-15-13-27(14-15)20(28)29-21(2,3)4)23-12-8-11-18-25-16-9-6-7-10-17(16)26-18;/h6-7,9-10,15H,5,8,11-14H2,1-4H3,(H,25,26)(H2,22,23,24);1H. The van der Waals surface area contributed by atoms with Crippen LogP contribution in [0.15, 0.2) is 29.3 Å². The van der Waals surface area contributed by atoms with Crippen molar-refractivity contribution in [2.45, 2.75) is 52.2 Å². The van der Waals surface area contributed by atoms with Crippen LogP contribution < -0.4 is 10.6 Å². The lowest BCUT2D eigenvalue weighted by atomic mass is 10.1. The minimum atomic E-state index is -0.466. The number of nitrogens with zero attached hydrogens (tertiary/aromatic N) is 3. The SMILES string of the molecule is CCNC(=NCCCc1nc2ccccc2[nH]1)NC1CN(C(=O)OC(C)(C)C)C1.I. The predicted molar refractivity (Wildman–Crippen MR) is 131 cm³/mol. The Labute approximate surface area is 195 Å². The number of benzene rings is 1. The average molecular weight is 528 g/mol. The lowest BCUT2D eigenvalue weighted by molar-refractivity contribution is 0.00701. The number of aromatic amines is 1. The number of hydrogen-bond acceptors (Lipinski definition) is 4. The van der Waals surface area contributed by atoms with E-state index in [0.717, 1.165) is 42.2 Å². The molecule has 1 saturated heterocycles. The Hall–Kier alpha value is -2.04. The summed E-state index contributed by atoms with van der Waals surface area (Å²) in [5, 5.41) is 6.65. The second-order valence-corrected chi connectivity index (χ2v) is 8.29. The first-order valence-electron chi connectivity index (χ1n) is 10.3.